The third kappa shape index (κ3) is 5.26. The predicted molar refractivity (Wildman–Crippen MR) is 187 cm³/mol. The maximum absolute atomic E-state index is 3.79. The van der Waals surface area contributed by atoms with Gasteiger partial charge in [-0.2, -0.15) is 0 Å². The first-order chi connectivity index (χ1) is 21.2. The average Bonchev–Trinajstić information content (AvgIpc) is 3.55. The monoisotopic (exact) mass is 655 g/mol. The molecule has 1 heterocycles. The molecular weight excluding hydrogens is 600 g/mol. The fraction of sp³-hybridized carbons (Fsp3) is 0.634. The maximum Gasteiger partial charge on any atom is 0.245 e. The molecule has 0 N–H and O–H groups in total. The molecule has 2 nitrogen and oxygen atoms in total. The van der Waals surface area contributed by atoms with Gasteiger partial charge in [0.15, 0.2) is 11.0 Å². The average molecular weight is 657 g/mol. The number of benzene rings is 2. The van der Waals surface area contributed by atoms with E-state index in [-0.39, 0.29) is 0 Å². The fourth-order valence-corrected chi connectivity index (χ4v) is 11.7. The van der Waals surface area contributed by atoms with E-state index in [1.807, 2.05) is 0 Å². The molecule has 3 heteroatoms. The topological polar surface area (TPSA) is 8.81 Å². The summed E-state index contributed by atoms with van der Waals surface area (Å²) in [6.45, 7) is 13.7. The molecule has 236 valence electrons. The highest BCUT2D eigenvalue weighted by Crippen LogP contribution is 2.67. The first kappa shape index (κ1) is 30.8. The Morgan fingerprint density at radius 3 is 2.52 bits per heavy atom. The van der Waals surface area contributed by atoms with E-state index < -0.39 is 0 Å². The molecule has 0 amide bonds. The van der Waals surface area contributed by atoms with Gasteiger partial charge in [0.05, 0.1) is 0 Å². The van der Waals surface area contributed by atoms with Crippen molar-refractivity contribution in [2.24, 2.45) is 46.3 Å². The summed E-state index contributed by atoms with van der Waals surface area (Å²) < 4.78 is 6.30. The minimum Gasteiger partial charge on any atom is -0.227 e. The molecule has 2 aromatic carbocycles. The van der Waals surface area contributed by atoms with Gasteiger partial charge in [-0.15, -0.1) is 0 Å². The Labute approximate surface area is 275 Å². The van der Waals surface area contributed by atoms with Crippen LogP contribution in [0.2, 0.25) is 0 Å². The number of fused-ring (bicyclic) bond motifs is 6. The molecule has 4 aliphatic rings. The van der Waals surface area contributed by atoms with E-state index in [0.29, 0.717) is 16.9 Å². The molecule has 1 aromatic heterocycles. The zero-order chi connectivity index (χ0) is 30.6. The number of rotatable bonds is 8. The number of hydrogen-bond donors (Lipinski definition) is 0. The second kappa shape index (κ2) is 12.1. The van der Waals surface area contributed by atoms with Gasteiger partial charge < -0.3 is 0 Å². The van der Waals surface area contributed by atoms with Crippen LogP contribution in [0.15, 0.2) is 71.0 Å². The third-order valence-electron chi connectivity index (χ3n) is 13.7. The van der Waals surface area contributed by atoms with Crippen molar-refractivity contribution in [3.8, 4) is 0 Å². The summed E-state index contributed by atoms with van der Waals surface area (Å²) in [5, 5.41) is 0. The quantitative estimate of drug-likeness (QED) is 0.169. The first-order valence-corrected chi connectivity index (χ1v) is 18.9. The van der Waals surface area contributed by atoms with Crippen LogP contribution < -0.4 is 4.57 Å². The molecule has 7 rings (SSSR count). The highest BCUT2D eigenvalue weighted by Gasteiger charge is 2.59. The summed E-state index contributed by atoms with van der Waals surface area (Å²) >= 11 is 3.79. The number of halogens is 1. The van der Waals surface area contributed by atoms with Crippen LogP contribution in [-0.4, -0.2) is 4.57 Å². The lowest BCUT2D eigenvalue weighted by molar-refractivity contribution is -0.663. The number of imidazole rings is 1. The number of aromatic nitrogens is 2. The summed E-state index contributed by atoms with van der Waals surface area (Å²) in [4.78, 5) is 0. The number of allylic oxidation sites excluding steroid dienone is 2. The van der Waals surface area contributed by atoms with Crippen LogP contribution in [-0.2, 0) is 6.54 Å². The van der Waals surface area contributed by atoms with Crippen molar-refractivity contribution in [3.05, 3.63) is 76.5 Å². The van der Waals surface area contributed by atoms with Crippen LogP contribution in [0.25, 0.3) is 11.0 Å². The molecule has 0 saturated heterocycles. The van der Waals surface area contributed by atoms with Crippen LogP contribution in [0, 0.1) is 46.3 Å². The van der Waals surface area contributed by atoms with E-state index >= 15 is 0 Å². The largest absolute Gasteiger partial charge is 0.245 e. The summed E-state index contributed by atoms with van der Waals surface area (Å²) in [5.41, 5.74) is 6.83. The molecule has 0 radical (unpaired) electrons. The standard InChI is InChI=1S/C41H56BrN2/c1-28(2)11-10-12-29(3)34-19-20-35-33-18-17-31-25-32(21-23-40(31,4)36(33)22-24-41(34,35)5)44-27-43(38-15-8-9-16-39(38)44)26-30-13-6-7-14-37(30)42/h6-9,13-17,27-29,32-36H,10-12,18-26H2,1-5H3/q+1/t29-,32-,33+,34-,35+,36+,40+,41-/m1/s1. The molecule has 4 aliphatic carbocycles. The molecule has 44 heavy (non-hydrogen) atoms. The third-order valence-corrected chi connectivity index (χ3v) is 14.5. The SMILES string of the molecule is CC(C)CCC[C@@H](C)[C@H]1CC[C@H]2[C@@H]3CC=C4C[C@H](n5c[n+](Cc6ccccc6Br)c6ccccc65)CC[C@]4(C)[C@H]3CC[C@]12C. The van der Waals surface area contributed by atoms with E-state index in [9.17, 15) is 0 Å². The van der Waals surface area contributed by atoms with Gasteiger partial charge in [0.1, 0.15) is 12.6 Å². The van der Waals surface area contributed by atoms with Gasteiger partial charge in [-0.3, -0.25) is 0 Å². The molecule has 3 fully saturated rings. The van der Waals surface area contributed by atoms with Crippen LogP contribution in [0.1, 0.15) is 117 Å². The van der Waals surface area contributed by atoms with Gasteiger partial charge in [0, 0.05) is 16.5 Å². The van der Waals surface area contributed by atoms with Crippen molar-refractivity contribution in [3.63, 3.8) is 0 Å². The molecule has 3 saturated carbocycles. The van der Waals surface area contributed by atoms with E-state index in [2.05, 4.69) is 121 Å². The highest BCUT2D eigenvalue weighted by molar-refractivity contribution is 9.10. The second-order valence-corrected chi connectivity index (χ2v) is 17.3. The number of nitrogens with zero attached hydrogens (tertiary/aromatic N) is 2. The lowest BCUT2D eigenvalue weighted by Gasteiger charge is -2.58. The van der Waals surface area contributed by atoms with Gasteiger partial charge >= 0.3 is 0 Å². The maximum atomic E-state index is 3.79. The fourth-order valence-electron chi connectivity index (χ4n) is 11.3. The van der Waals surface area contributed by atoms with Gasteiger partial charge in [-0.1, -0.05) is 112 Å². The molecular formula is C41H56BrN2+. The van der Waals surface area contributed by atoms with Gasteiger partial charge in [0.25, 0.3) is 0 Å². The van der Waals surface area contributed by atoms with Crippen molar-refractivity contribution in [2.75, 3.05) is 0 Å². The van der Waals surface area contributed by atoms with E-state index in [4.69, 9.17) is 0 Å². The smallest absolute Gasteiger partial charge is 0.227 e. The van der Waals surface area contributed by atoms with Gasteiger partial charge in [0.2, 0.25) is 6.33 Å². The van der Waals surface area contributed by atoms with E-state index in [1.165, 1.54) is 91.7 Å². The van der Waals surface area contributed by atoms with Crippen molar-refractivity contribution < 1.29 is 4.57 Å². The zero-order valence-corrected chi connectivity index (χ0v) is 29.7. The van der Waals surface area contributed by atoms with Crippen LogP contribution in [0.3, 0.4) is 0 Å². The normalized spacial score (nSPS) is 34.0. The molecule has 0 unspecified atom stereocenters. The minimum absolute atomic E-state index is 0.398. The van der Waals surface area contributed by atoms with Crippen molar-refractivity contribution >= 4 is 27.0 Å². The van der Waals surface area contributed by atoms with Crippen LogP contribution >= 0.6 is 15.9 Å². The minimum atomic E-state index is 0.398. The zero-order valence-electron chi connectivity index (χ0n) is 28.1. The predicted octanol–water partition coefficient (Wildman–Crippen LogP) is 11.3. The van der Waals surface area contributed by atoms with Crippen LogP contribution in [0.4, 0.5) is 0 Å². The Kier molecular flexibility index (Phi) is 8.43. The van der Waals surface area contributed by atoms with Crippen molar-refractivity contribution in [1.29, 1.82) is 0 Å². The van der Waals surface area contributed by atoms with Gasteiger partial charge in [-0.25, -0.2) is 9.13 Å². The Morgan fingerprint density at radius 2 is 1.70 bits per heavy atom. The van der Waals surface area contributed by atoms with E-state index in [0.717, 1.165) is 42.1 Å². The van der Waals surface area contributed by atoms with Crippen molar-refractivity contribution in [2.45, 2.75) is 118 Å². The molecule has 0 spiro atoms. The Morgan fingerprint density at radius 1 is 0.909 bits per heavy atom. The lowest BCUT2D eigenvalue weighted by Crippen LogP contribution is -2.50. The van der Waals surface area contributed by atoms with Crippen LogP contribution in [0.5, 0.6) is 0 Å². The Bertz CT molecular complexity index is 1520. The molecule has 0 aliphatic heterocycles. The summed E-state index contributed by atoms with van der Waals surface area (Å²) in [6.07, 6.45) is 20.6. The number of hydrogen-bond acceptors (Lipinski definition) is 0. The summed E-state index contributed by atoms with van der Waals surface area (Å²) in [6, 6.07) is 18.3. The van der Waals surface area contributed by atoms with Gasteiger partial charge in [-0.05, 0) is 109 Å². The van der Waals surface area contributed by atoms with E-state index in [1.54, 1.807) is 5.57 Å². The highest BCUT2D eigenvalue weighted by atomic mass is 79.9. The molecule has 8 atom stereocenters. The second-order valence-electron chi connectivity index (χ2n) is 16.4. The first-order valence-electron chi connectivity index (χ1n) is 18.1. The molecule has 0 bridgehead atoms. The Balaban J connectivity index is 1.10. The van der Waals surface area contributed by atoms with Crippen molar-refractivity contribution in [1.82, 2.24) is 4.57 Å². The number of para-hydroxylation sites is 2. The lowest BCUT2D eigenvalue weighted by atomic mass is 9.47. The summed E-state index contributed by atoms with van der Waals surface area (Å²) in [7, 11) is 0. The molecule has 3 aromatic rings. The summed E-state index contributed by atoms with van der Waals surface area (Å²) in [5.74, 6) is 5.42. The Hall–Kier alpha value is -1.87.